The minimum Gasteiger partial charge on any atom is -0.691 e. The van der Waals surface area contributed by atoms with Crippen LogP contribution in [0, 0.1) is 5.92 Å². The van der Waals surface area contributed by atoms with Gasteiger partial charge in [-0.05, 0) is 12.3 Å². The van der Waals surface area contributed by atoms with E-state index in [9.17, 15) is 18.8 Å². The number of alkyl halides is 2. The average Bonchev–Trinajstić information content (AvgIpc) is 2.37. The monoisotopic (exact) mass is 285 g/mol. The van der Waals surface area contributed by atoms with Crippen LogP contribution in [0.15, 0.2) is 0 Å². The Bertz CT molecular complexity index is 259. The molecular formula is C10H15F2O5S-. The van der Waals surface area contributed by atoms with Gasteiger partial charge in [-0.15, -0.1) is 0 Å². The van der Waals surface area contributed by atoms with Crippen molar-refractivity contribution in [2.24, 2.45) is 5.92 Å². The summed E-state index contributed by atoms with van der Waals surface area (Å²) in [6.45, 7) is -0.0438. The molecule has 0 radical (unpaired) electrons. The smallest absolute Gasteiger partial charge is 0.415 e. The van der Waals surface area contributed by atoms with Crippen LogP contribution in [0.1, 0.15) is 38.5 Å². The summed E-state index contributed by atoms with van der Waals surface area (Å²) in [6.07, 6.45) is 6.17. The highest BCUT2D eigenvalue weighted by Gasteiger charge is 2.43. The summed E-state index contributed by atoms with van der Waals surface area (Å²) >= 11 is -0.670. The lowest BCUT2D eigenvalue weighted by Gasteiger charge is -2.21. The number of esters is 1. The van der Waals surface area contributed by atoms with Crippen LogP contribution in [0.2, 0.25) is 0 Å². The minimum atomic E-state index is -3.93. The lowest BCUT2D eigenvalue weighted by molar-refractivity contribution is -0.777. The van der Waals surface area contributed by atoms with Gasteiger partial charge in [0.1, 0.15) is 12.0 Å². The summed E-state index contributed by atoms with van der Waals surface area (Å²) in [6, 6.07) is 0. The maximum absolute atomic E-state index is 12.9. The van der Waals surface area contributed by atoms with Crippen LogP contribution in [-0.2, 0) is 18.9 Å². The summed E-state index contributed by atoms with van der Waals surface area (Å²) < 4.78 is 33.7. The van der Waals surface area contributed by atoms with Crippen LogP contribution in [0.3, 0.4) is 0 Å². The van der Waals surface area contributed by atoms with Crippen LogP contribution in [0.4, 0.5) is 8.78 Å². The molecule has 1 aliphatic rings. The van der Waals surface area contributed by atoms with Gasteiger partial charge < -0.3 is 9.99 Å². The third kappa shape index (κ3) is 5.47. The Kier molecular flexibility index (Phi) is 6.83. The van der Waals surface area contributed by atoms with Crippen molar-refractivity contribution in [2.75, 3.05) is 6.61 Å². The zero-order valence-electron chi connectivity index (χ0n) is 9.73. The molecule has 0 atom stereocenters. The van der Waals surface area contributed by atoms with Crippen molar-refractivity contribution in [3.05, 3.63) is 0 Å². The highest BCUT2D eigenvalue weighted by molar-refractivity contribution is 7.96. The van der Waals surface area contributed by atoms with Gasteiger partial charge in [0, 0.05) is 0 Å². The van der Waals surface area contributed by atoms with Gasteiger partial charge in [-0.25, -0.2) is 4.79 Å². The van der Waals surface area contributed by atoms with E-state index in [4.69, 9.17) is 0 Å². The Balaban J connectivity index is 2.18. The fourth-order valence-electron chi connectivity index (χ4n) is 1.97. The van der Waals surface area contributed by atoms with Gasteiger partial charge in [-0.2, -0.15) is 13.1 Å². The Morgan fingerprint density at radius 3 is 2.61 bits per heavy atom. The fraction of sp³-hybridized carbons (Fsp3) is 0.900. The molecule has 0 amide bonds. The molecule has 0 spiro atoms. The van der Waals surface area contributed by atoms with Crippen molar-refractivity contribution < 1.29 is 32.9 Å². The Labute approximate surface area is 108 Å². The standard InChI is InChI=1S/C10H16F2O5S/c11-10(12,18-17-16-14)9(13)15-7-6-8-4-2-1-3-5-8/h8,14H,1-7H2/p-1. The number of rotatable bonds is 7. The normalized spacial score (nSPS) is 17.7. The fourth-order valence-corrected chi connectivity index (χ4v) is 2.21. The van der Waals surface area contributed by atoms with Crippen molar-refractivity contribution >= 4 is 18.0 Å². The second kappa shape index (κ2) is 7.88. The van der Waals surface area contributed by atoms with E-state index in [0.29, 0.717) is 12.3 Å². The molecule has 0 saturated heterocycles. The zero-order chi connectivity index (χ0) is 13.4. The number of halogens is 2. The number of hydrogen-bond donors (Lipinski definition) is 0. The molecule has 0 aromatic heterocycles. The molecule has 0 unspecified atom stereocenters. The summed E-state index contributed by atoms with van der Waals surface area (Å²) in [7, 11) is 0. The van der Waals surface area contributed by atoms with Gasteiger partial charge >= 0.3 is 11.2 Å². The Hall–Kier alpha value is -0.440. The van der Waals surface area contributed by atoms with Gasteiger partial charge in [0.15, 0.2) is 0 Å². The quantitative estimate of drug-likeness (QED) is 0.308. The van der Waals surface area contributed by atoms with Gasteiger partial charge in [0.25, 0.3) is 0 Å². The van der Waals surface area contributed by atoms with Crippen LogP contribution >= 0.6 is 12.0 Å². The van der Waals surface area contributed by atoms with Crippen molar-refractivity contribution in [1.82, 2.24) is 0 Å². The largest absolute Gasteiger partial charge is 0.691 e. The first-order valence-corrected chi connectivity index (χ1v) is 6.50. The highest BCUT2D eigenvalue weighted by atomic mass is 32.2. The molecule has 0 N–H and O–H groups in total. The molecule has 1 saturated carbocycles. The molecule has 0 aliphatic heterocycles. The third-order valence-electron chi connectivity index (χ3n) is 2.89. The summed E-state index contributed by atoms with van der Waals surface area (Å²) in [4.78, 5) is 11.0. The first-order chi connectivity index (χ1) is 8.56. The van der Waals surface area contributed by atoms with E-state index in [1.807, 2.05) is 0 Å². The van der Waals surface area contributed by atoms with Gasteiger partial charge in [0.2, 0.25) is 0 Å². The molecule has 106 valence electrons. The molecule has 8 heteroatoms. The number of ether oxygens (including phenoxy) is 1. The molecule has 0 aromatic rings. The lowest BCUT2D eigenvalue weighted by Crippen LogP contribution is -2.28. The molecule has 18 heavy (non-hydrogen) atoms. The number of carbonyl (C=O) groups is 1. The molecule has 5 nitrogen and oxygen atoms in total. The number of carbonyl (C=O) groups excluding carboxylic acids is 1. The van der Waals surface area contributed by atoms with E-state index in [2.05, 4.69) is 14.1 Å². The van der Waals surface area contributed by atoms with Crippen LogP contribution < -0.4 is 5.26 Å². The summed E-state index contributed by atoms with van der Waals surface area (Å²) in [5.41, 5.74) is 0. The predicted octanol–water partition coefficient (Wildman–Crippen LogP) is 1.96. The van der Waals surface area contributed by atoms with E-state index in [0.717, 1.165) is 25.7 Å². The molecular weight excluding hydrogens is 270 g/mol. The molecule has 1 aliphatic carbocycles. The predicted molar refractivity (Wildman–Crippen MR) is 56.9 cm³/mol. The molecule has 0 aromatic carbocycles. The Morgan fingerprint density at radius 1 is 1.33 bits per heavy atom. The second-order valence-electron chi connectivity index (χ2n) is 4.16. The van der Waals surface area contributed by atoms with Gasteiger partial charge in [0.05, 0.1) is 6.61 Å². The van der Waals surface area contributed by atoms with Gasteiger partial charge in [-0.1, -0.05) is 32.1 Å². The maximum Gasteiger partial charge on any atom is 0.415 e. The van der Waals surface area contributed by atoms with Crippen LogP contribution in [0.25, 0.3) is 0 Å². The summed E-state index contributed by atoms with van der Waals surface area (Å²) in [5.74, 6) is -1.28. The minimum absolute atomic E-state index is 0.0438. The SMILES string of the molecule is O=C(OCCC1CCCCC1)C(F)(F)SOO[O-]. The van der Waals surface area contributed by atoms with E-state index in [1.54, 1.807) is 0 Å². The van der Waals surface area contributed by atoms with Crippen molar-refractivity contribution in [3.8, 4) is 0 Å². The lowest BCUT2D eigenvalue weighted by atomic mass is 9.87. The molecule has 0 heterocycles. The van der Waals surface area contributed by atoms with Crippen LogP contribution in [0.5, 0.6) is 0 Å². The molecule has 1 rings (SSSR count). The van der Waals surface area contributed by atoms with Crippen molar-refractivity contribution in [1.29, 1.82) is 0 Å². The maximum atomic E-state index is 12.9. The van der Waals surface area contributed by atoms with Crippen molar-refractivity contribution in [3.63, 3.8) is 0 Å². The Morgan fingerprint density at radius 2 is 2.00 bits per heavy atom. The first kappa shape index (κ1) is 15.6. The molecule has 1 fully saturated rings. The van der Waals surface area contributed by atoms with Crippen LogP contribution in [-0.4, -0.2) is 17.8 Å². The number of hydrogen-bond acceptors (Lipinski definition) is 6. The summed E-state index contributed by atoms with van der Waals surface area (Å²) in [5, 5.41) is 8.21. The topological polar surface area (TPSA) is 67.8 Å². The average molecular weight is 285 g/mol. The van der Waals surface area contributed by atoms with E-state index in [-0.39, 0.29) is 6.61 Å². The van der Waals surface area contributed by atoms with Gasteiger partial charge in [-0.3, -0.25) is 5.04 Å². The highest BCUT2D eigenvalue weighted by Crippen LogP contribution is 2.31. The zero-order valence-corrected chi connectivity index (χ0v) is 10.5. The van der Waals surface area contributed by atoms with E-state index < -0.39 is 23.3 Å². The second-order valence-corrected chi connectivity index (χ2v) is 4.98. The third-order valence-corrected chi connectivity index (χ3v) is 3.39. The van der Waals surface area contributed by atoms with Crippen molar-refractivity contribution in [2.45, 2.75) is 43.8 Å². The molecule has 0 bridgehead atoms. The first-order valence-electron chi connectivity index (χ1n) is 5.75. The van der Waals surface area contributed by atoms with E-state index in [1.165, 1.54) is 6.42 Å². The van der Waals surface area contributed by atoms with E-state index >= 15 is 0 Å².